The number of benzene rings is 2. The molecule has 1 saturated heterocycles. The molecule has 1 aliphatic rings. The topological polar surface area (TPSA) is 65.1 Å². The van der Waals surface area contributed by atoms with E-state index in [4.69, 9.17) is 14.2 Å². The highest BCUT2D eigenvalue weighted by Gasteiger charge is 2.48. The first-order valence-corrected chi connectivity index (χ1v) is 12.0. The molecule has 2 aromatic rings. The van der Waals surface area contributed by atoms with E-state index in [-0.39, 0.29) is 25.0 Å². The number of hydrogen-bond acceptors (Lipinski definition) is 5. The van der Waals surface area contributed by atoms with Crippen LogP contribution >= 0.6 is 45.2 Å². The molecule has 2 aromatic carbocycles. The lowest BCUT2D eigenvalue weighted by molar-refractivity contribution is -0.153. The Labute approximate surface area is 209 Å². The Morgan fingerprint density at radius 1 is 1.06 bits per heavy atom. The molecule has 8 heteroatoms. The van der Waals surface area contributed by atoms with Crippen molar-refractivity contribution in [3.8, 4) is 0 Å². The van der Waals surface area contributed by atoms with Crippen molar-refractivity contribution < 1.29 is 23.8 Å². The maximum absolute atomic E-state index is 12.9. The number of esters is 1. The summed E-state index contributed by atoms with van der Waals surface area (Å²) in [4.78, 5) is 26.6. The van der Waals surface area contributed by atoms with E-state index >= 15 is 0 Å². The molecule has 1 fully saturated rings. The minimum Gasteiger partial charge on any atom is -0.460 e. The molecule has 31 heavy (non-hydrogen) atoms. The third-order valence-corrected chi connectivity index (χ3v) is 6.20. The van der Waals surface area contributed by atoms with Gasteiger partial charge in [0.15, 0.2) is 0 Å². The third-order valence-electron chi connectivity index (χ3n) is 4.54. The first-order valence-electron chi connectivity index (χ1n) is 9.88. The highest BCUT2D eigenvalue weighted by Crippen LogP contribution is 2.46. The minimum absolute atomic E-state index is 0.196. The van der Waals surface area contributed by atoms with E-state index in [2.05, 4.69) is 45.2 Å². The summed E-state index contributed by atoms with van der Waals surface area (Å²) in [6.45, 7) is 6.10. The number of alkyl halides is 2. The van der Waals surface area contributed by atoms with Crippen molar-refractivity contribution in [3.05, 3.63) is 71.3 Å². The molecule has 166 valence electrons. The van der Waals surface area contributed by atoms with Gasteiger partial charge in [0.2, 0.25) is 0 Å². The molecule has 1 heterocycles. The van der Waals surface area contributed by atoms with Crippen molar-refractivity contribution in [1.82, 2.24) is 4.90 Å². The molecule has 0 spiro atoms. The van der Waals surface area contributed by atoms with Crippen molar-refractivity contribution in [2.24, 2.45) is 0 Å². The zero-order valence-corrected chi connectivity index (χ0v) is 22.0. The Morgan fingerprint density at radius 3 is 2.32 bits per heavy atom. The van der Waals surface area contributed by atoms with E-state index in [1.807, 2.05) is 75.4 Å². The lowest BCUT2D eigenvalue weighted by atomic mass is 10.0. The second kappa shape index (κ2) is 10.0. The second-order valence-electron chi connectivity index (χ2n) is 8.23. The predicted octanol–water partition coefficient (Wildman–Crippen LogP) is 5.76. The Hall–Kier alpha value is -1.40. The monoisotopic (exact) mass is 649 g/mol. The van der Waals surface area contributed by atoms with Crippen LogP contribution in [0.25, 0.3) is 0 Å². The van der Waals surface area contributed by atoms with Gasteiger partial charge in [0.25, 0.3) is 1.74 Å². The van der Waals surface area contributed by atoms with Crippen molar-refractivity contribution >= 4 is 57.2 Å². The molecule has 1 amide bonds. The van der Waals surface area contributed by atoms with Gasteiger partial charge >= 0.3 is 12.1 Å². The highest BCUT2D eigenvalue weighted by atomic mass is 127. The number of amides is 1. The van der Waals surface area contributed by atoms with E-state index < -0.39 is 13.4 Å². The smallest absolute Gasteiger partial charge is 0.414 e. The first-order chi connectivity index (χ1) is 14.5. The van der Waals surface area contributed by atoms with Gasteiger partial charge in [0.05, 0.1) is 19.1 Å². The molecular weight excluding hydrogens is 624 g/mol. The predicted molar refractivity (Wildman–Crippen MR) is 134 cm³/mol. The fraction of sp³-hybridized carbons (Fsp3) is 0.391. The van der Waals surface area contributed by atoms with E-state index in [0.29, 0.717) is 6.61 Å². The van der Waals surface area contributed by atoms with Crippen LogP contribution in [0.5, 0.6) is 0 Å². The van der Waals surface area contributed by atoms with Crippen molar-refractivity contribution in [3.63, 3.8) is 0 Å². The molecule has 0 N–H and O–H groups in total. The van der Waals surface area contributed by atoms with Crippen molar-refractivity contribution in [2.75, 3.05) is 6.61 Å². The summed E-state index contributed by atoms with van der Waals surface area (Å²) < 4.78 is 16.0. The number of halogens is 2. The number of nitrogens with zero attached hydrogens (tertiary/aromatic N) is 1. The quantitative estimate of drug-likeness (QED) is 0.179. The Morgan fingerprint density at radius 2 is 1.71 bits per heavy atom. The van der Waals surface area contributed by atoms with Crippen LogP contribution in [0.15, 0.2) is 54.6 Å². The van der Waals surface area contributed by atoms with Crippen LogP contribution in [-0.4, -0.2) is 30.9 Å². The zero-order valence-electron chi connectivity index (χ0n) is 17.6. The van der Waals surface area contributed by atoms with Gasteiger partial charge in [-0.05, 0) is 82.6 Å². The minimum atomic E-state index is -0.844. The molecule has 1 unspecified atom stereocenters. The Kier molecular flexibility index (Phi) is 7.85. The molecule has 0 radical (unpaired) electrons. The molecule has 0 aromatic heterocycles. The standard InChI is InChI=1S/C23H25I2NO5/c1-22(2,3)31-20(27)13-16-9-11-18(12-10-16)19-15-30-23(24,25)26(19)21(28)29-14-17-7-5-4-6-8-17/h4-12,19H,13-15H2,1-3H3. The number of hydrogen-bond donors (Lipinski definition) is 0. The molecule has 3 rings (SSSR count). The summed E-state index contributed by atoms with van der Waals surface area (Å²) in [5, 5.41) is 0. The maximum atomic E-state index is 12.9. The van der Waals surface area contributed by atoms with Crippen LogP contribution in [0.1, 0.15) is 43.5 Å². The van der Waals surface area contributed by atoms with Gasteiger partial charge in [-0.3, -0.25) is 9.69 Å². The highest BCUT2D eigenvalue weighted by molar-refractivity contribution is 14.2. The summed E-state index contributed by atoms with van der Waals surface area (Å²) in [6.07, 6.45) is -0.239. The van der Waals surface area contributed by atoms with E-state index in [9.17, 15) is 9.59 Å². The van der Waals surface area contributed by atoms with E-state index in [1.165, 1.54) is 0 Å². The first kappa shape index (κ1) is 24.2. The summed E-state index contributed by atoms with van der Waals surface area (Å²) in [6, 6.07) is 16.9. The van der Waals surface area contributed by atoms with Crippen molar-refractivity contribution in [1.29, 1.82) is 0 Å². The van der Waals surface area contributed by atoms with Crippen LogP contribution in [0, 0.1) is 0 Å². The lowest BCUT2D eigenvalue weighted by Crippen LogP contribution is -2.40. The van der Waals surface area contributed by atoms with Crippen LogP contribution < -0.4 is 0 Å². The summed E-state index contributed by atoms with van der Waals surface area (Å²) in [5.41, 5.74) is 2.18. The molecule has 6 nitrogen and oxygen atoms in total. The molecule has 0 aliphatic carbocycles. The van der Waals surface area contributed by atoms with E-state index in [0.717, 1.165) is 16.7 Å². The maximum Gasteiger partial charge on any atom is 0.414 e. The van der Waals surface area contributed by atoms with Crippen LogP contribution in [0.2, 0.25) is 0 Å². The Balaban J connectivity index is 1.68. The van der Waals surface area contributed by atoms with Crippen LogP contribution in [-0.2, 0) is 32.0 Å². The molecule has 0 saturated carbocycles. The lowest BCUT2D eigenvalue weighted by Gasteiger charge is -2.30. The van der Waals surface area contributed by atoms with Gasteiger partial charge in [-0.2, -0.15) is 0 Å². The van der Waals surface area contributed by atoms with Crippen molar-refractivity contribution in [2.45, 2.75) is 47.2 Å². The van der Waals surface area contributed by atoms with Crippen LogP contribution in [0.4, 0.5) is 4.79 Å². The molecular formula is C23H25I2NO5. The Bertz CT molecular complexity index is 910. The van der Waals surface area contributed by atoms with Gasteiger partial charge in [-0.25, -0.2) is 4.79 Å². The van der Waals surface area contributed by atoms with Gasteiger partial charge in [0.1, 0.15) is 12.2 Å². The molecule has 1 aliphatic heterocycles. The number of ether oxygens (including phenoxy) is 3. The number of rotatable bonds is 5. The average Bonchev–Trinajstić information content (AvgIpc) is 3.01. The molecule has 0 bridgehead atoms. The van der Waals surface area contributed by atoms with Gasteiger partial charge in [0, 0.05) is 0 Å². The average molecular weight is 649 g/mol. The second-order valence-corrected chi connectivity index (χ2v) is 13.2. The fourth-order valence-corrected chi connectivity index (χ4v) is 4.60. The normalized spacial score (nSPS) is 18.0. The number of carbonyl (C=O) groups is 2. The summed E-state index contributed by atoms with van der Waals surface area (Å²) >= 11 is 4.21. The van der Waals surface area contributed by atoms with Gasteiger partial charge < -0.3 is 14.2 Å². The fourth-order valence-electron chi connectivity index (χ4n) is 3.17. The van der Waals surface area contributed by atoms with Gasteiger partial charge in [-0.1, -0.05) is 54.6 Å². The molecule has 1 atom stereocenters. The van der Waals surface area contributed by atoms with E-state index in [1.54, 1.807) is 4.90 Å². The zero-order chi connectivity index (χ0) is 22.6. The number of carbonyl (C=O) groups excluding carboxylic acids is 2. The SMILES string of the molecule is CC(C)(C)OC(=O)Cc1ccc(C2COC(I)(I)N2C(=O)OCc2ccccc2)cc1. The van der Waals surface area contributed by atoms with Gasteiger partial charge in [-0.15, -0.1) is 0 Å². The van der Waals surface area contributed by atoms with Crippen LogP contribution in [0.3, 0.4) is 0 Å². The summed E-state index contributed by atoms with van der Waals surface area (Å²) in [7, 11) is 0. The summed E-state index contributed by atoms with van der Waals surface area (Å²) in [5.74, 6) is -0.269. The largest absolute Gasteiger partial charge is 0.460 e. The third kappa shape index (κ3) is 6.79.